The van der Waals surface area contributed by atoms with Gasteiger partial charge in [-0.05, 0) is 37.7 Å². The molecule has 0 aliphatic rings. The Morgan fingerprint density at radius 2 is 2.00 bits per heavy atom. The van der Waals surface area contributed by atoms with E-state index in [-0.39, 0.29) is 6.04 Å². The Bertz CT molecular complexity index is 337. The average molecular weight is 241 g/mol. The lowest BCUT2D eigenvalue weighted by Crippen LogP contribution is -2.30. The smallest absolute Gasteiger partial charge is 0.118 e. The molecular formula is C12H19NO2S. The Morgan fingerprint density at radius 1 is 1.38 bits per heavy atom. The molecule has 2 unspecified atom stereocenters. The quantitative estimate of drug-likeness (QED) is 0.825. The van der Waals surface area contributed by atoms with Gasteiger partial charge in [0.25, 0.3) is 0 Å². The molecule has 0 bridgehead atoms. The van der Waals surface area contributed by atoms with E-state index in [0.29, 0.717) is 5.75 Å². The van der Waals surface area contributed by atoms with Crippen LogP contribution in [-0.2, 0) is 10.8 Å². The van der Waals surface area contributed by atoms with Gasteiger partial charge >= 0.3 is 0 Å². The highest BCUT2D eigenvalue weighted by atomic mass is 32.2. The van der Waals surface area contributed by atoms with Crippen LogP contribution in [0.5, 0.6) is 5.75 Å². The summed E-state index contributed by atoms with van der Waals surface area (Å²) in [5, 5.41) is 3.25. The third-order valence-electron chi connectivity index (χ3n) is 2.28. The Morgan fingerprint density at radius 3 is 2.50 bits per heavy atom. The summed E-state index contributed by atoms with van der Waals surface area (Å²) in [5.41, 5.74) is 0. The molecule has 1 aromatic rings. The minimum atomic E-state index is -0.943. The normalized spacial score (nSPS) is 14.4. The topological polar surface area (TPSA) is 38.3 Å². The molecule has 90 valence electrons. The van der Waals surface area contributed by atoms with Crippen LogP contribution in [0, 0.1) is 0 Å². The fraction of sp³-hybridized carbons (Fsp3) is 0.500. The van der Waals surface area contributed by atoms with Crippen molar-refractivity contribution < 1.29 is 8.95 Å². The molecule has 0 amide bonds. The van der Waals surface area contributed by atoms with E-state index >= 15 is 0 Å². The highest BCUT2D eigenvalue weighted by Crippen LogP contribution is 2.14. The van der Waals surface area contributed by atoms with Crippen molar-refractivity contribution >= 4 is 10.8 Å². The zero-order valence-electron chi connectivity index (χ0n) is 10.0. The molecule has 0 radical (unpaired) electrons. The second kappa shape index (κ2) is 6.66. The van der Waals surface area contributed by atoms with Crippen molar-refractivity contribution in [2.45, 2.75) is 24.8 Å². The maximum absolute atomic E-state index is 12.0. The lowest BCUT2D eigenvalue weighted by molar-refractivity contribution is 0.414. The molecule has 1 N–H and O–H groups in total. The minimum absolute atomic E-state index is 0.271. The van der Waals surface area contributed by atoms with Crippen molar-refractivity contribution in [3.8, 4) is 5.75 Å². The number of rotatable bonds is 6. The first-order valence-electron chi connectivity index (χ1n) is 5.43. The third kappa shape index (κ3) is 3.94. The van der Waals surface area contributed by atoms with Crippen molar-refractivity contribution in [3.05, 3.63) is 24.3 Å². The highest BCUT2D eigenvalue weighted by Gasteiger charge is 2.08. The molecule has 1 rings (SSSR count). The number of methoxy groups -OCH3 is 1. The van der Waals surface area contributed by atoms with Crippen LogP contribution in [0.3, 0.4) is 0 Å². The minimum Gasteiger partial charge on any atom is -0.497 e. The zero-order chi connectivity index (χ0) is 12.0. The highest BCUT2D eigenvalue weighted by molar-refractivity contribution is 7.85. The van der Waals surface area contributed by atoms with Crippen LogP contribution in [0.1, 0.15) is 13.8 Å². The first kappa shape index (κ1) is 13.2. The van der Waals surface area contributed by atoms with Gasteiger partial charge < -0.3 is 10.1 Å². The van der Waals surface area contributed by atoms with E-state index in [1.165, 1.54) is 0 Å². The van der Waals surface area contributed by atoms with Crippen LogP contribution in [0.4, 0.5) is 0 Å². The molecule has 1 aromatic carbocycles. The molecule has 0 saturated carbocycles. The number of hydrogen-bond acceptors (Lipinski definition) is 3. The van der Waals surface area contributed by atoms with Gasteiger partial charge in [0.1, 0.15) is 5.75 Å². The standard InChI is InChI=1S/C12H19NO2S/c1-4-13-10(2)9-16(14)12-7-5-11(15-3)6-8-12/h5-8,10,13H,4,9H2,1-3H3. The molecule has 16 heavy (non-hydrogen) atoms. The van der Waals surface area contributed by atoms with Gasteiger partial charge in [0.2, 0.25) is 0 Å². The summed E-state index contributed by atoms with van der Waals surface area (Å²) < 4.78 is 17.0. The maximum atomic E-state index is 12.0. The predicted octanol–water partition coefficient (Wildman–Crippen LogP) is 1.80. The van der Waals surface area contributed by atoms with Crippen LogP contribution in [0.25, 0.3) is 0 Å². The van der Waals surface area contributed by atoms with Gasteiger partial charge in [-0.2, -0.15) is 0 Å². The molecule has 4 heteroatoms. The van der Waals surface area contributed by atoms with Gasteiger partial charge in [-0.25, -0.2) is 0 Å². The Labute approximate surface area is 99.7 Å². The van der Waals surface area contributed by atoms with Crippen LogP contribution in [-0.4, -0.2) is 29.7 Å². The number of ether oxygens (including phenoxy) is 1. The fourth-order valence-electron chi connectivity index (χ4n) is 1.46. The van der Waals surface area contributed by atoms with Gasteiger partial charge in [-0.1, -0.05) is 6.92 Å². The van der Waals surface area contributed by atoms with Gasteiger partial charge in [0, 0.05) is 16.7 Å². The molecule has 2 atom stereocenters. The second-order valence-electron chi connectivity index (χ2n) is 3.65. The summed E-state index contributed by atoms with van der Waals surface area (Å²) in [4.78, 5) is 0.852. The molecule has 0 fully saturated rings. The van der Waals surface area contributed by atoms with Gasteiger partial charge in [-0.3, -0.25) is 4.21 Å². The Balaban J connectivity index is 2.59. The zero-order valence-corrected chi connectivity index (χ0v) is 10.8. The molecule has 0 spiro atoms. The van der Waals surface area contributed by atoms with Gasteiger partial charge in [0.05, 0.1) is 17.9 Å². The van der Waals surface area contributed by atoms with Crippen molar-refractivity contribution in [3.63, 3.8) is 0 Å². The summed E-state index contributed by atoms with van der Waals surface area (Å²) in [6.45, 7) is 5.00. The molecule has 0 heterocycles. The molecule has 0 saturated heterocycles. The summed E-state index contributed by atoms with van der Waals surface area (Å²) in [5.74, 6) is 1.43. The van der Waals surface area contributed by atoms with Crippen molar-refractivity contribution in [2.24, 2.45) is 0 Å². The van der Waals surface area contributed by atoms with E-state index in [9.17, 15) is 4.21 Å². The second-order valence-corrected chi connectivity index (χ2v) is 5.14. The molecule has 0 aliphatic heterocycles. The molecular weight excluding hydrogens is 222 g/mol. The van der Waals surface area contributed by atoms with E-state index in [4.69, 9.17) is 4.74 Å². The SMILES string of the molecule is CCNC(C)CS(=O)c1ccc(OC)cc1. The first-order chi connectivity index (χ1) is 7.67. The van der Waals surface area contributed by atoms with Crippen LogP contribution in [0.2, 0.25) is 0 Å². The summed E-state index contributed by atoms with van der Waals surface area (Å²) in [6.07, 6.45) is 0. The Kier molecular flexibility index (Phi) is 5.49. The van der Waals surface area contributed by atoms with Crippen molar-refractivity contribution in [1.29, 1.82) is 0 Å². The largest absolute Gasteiger partial charge is 0.497 e. The number of nitrogens with one attached hydrogen (secondary N) is 1. The molecule has 0 aliphatic carbocycles. The predicted molar refractivity (Wildman–Crippen MR) is 67.4 cm³/mol. The van der Waals surface area contributed by atoms with E-state index in [1.807, 2.05) is 38.1 Å². The van der Waals surface area contributed by atoms with Gasteiger partial charge in [-0.15, -0.1) is 0 Å². The van der Waals surface area contributed by atoms with Crippen molar-refractivity contribution in [1.82, 2.24) is 5.32 Å². The average Bonchev–Trinajstić information content (AvgIpc) is 2.29. The van der Waals surface area contributed by atoms with Crippen molar-refractivity contribution in [2.75, 3.05) is 19.4 Å². The summed E-state index contributed by atoms with van der Waals surface area (Å²) in [6, 6.07) is 7.66. The number of hydrogen-bond donors (Lipinski definition) is 1. The van der Waals surface area contributed by atoms with E-state index in [1.54, 1.807) is 7.11 Å². The van der Waals surface area contributed by atoms with Crippen LogP contribution >= 0.6 is 0 Å². The lowest BCUT2D eigenvalue weighted by Gasteiger charge is -2.11. The fourth-order valence-corrected chi connectivity index (χ4v) is 2.66. The van der Waals surface area contributed by atoms with Gasteiger partial charge in [0.15, 0.2) is 0 Å². The molecule has 0 aromatic heterocycles. The Hall–Kier alpha value is -0.870. The van der Waals surface area contributed by atoms with Crippen LogP contribution < -0.4 is 10.1 Å². The van der Waals surface area contributed by atoms with E-state index < -0.39 is 10.8 Å². The maximum Gasteiger partial charge on any atom is 0.118 e. The summed E-state index contributed by atoms with van der Waals surface area (Å²) >= 11 is 0. The first-order valence-corrected chi connectivity index (χ1v) is 6.75. The van der Waals surface area contributed by atoms with E-state index in [0.717, 1.165) is 17.2 Å². The monoisotopic (exact) mass is 241 g/mol. The van der Waals surface area contributed by atoms with Crippen LogP contribution in [0.15, 0.2) is 29.2 Å². The lowest BCUT2D eigenvalue weighted by atomic mass is 10.3. The third-order valence-corrected chi connectivity index (χ3v) is 3.88. The van der Waals surface area contributed by atoms with E-state index in [2.05, 4.69) is 5.32 Å². The summed E-state index contributed by atoms with van der Waals surface area (Å²) in [7, 11) is 0.681. The molecule has 3 nitrogen and oxygen atoms in total. The number of benzene rings is 1.